The first-order valence-electron chi connectivity index (χ1n) is 16.9. The fourth-order valence-electron chi connectivity index (χ4n) is 5.48. The number of carbonyl (C=O) groups excluding carboxylic acids is 2. The molecule has 5 rings (SSSR count). The molecule has 0 atom stereocenters. The van der Waals surface area contributed by atoms with E-state index in [-0.39, 0.29) is 0 Å². The van der Waals surface area contributed by atoms with Crippen LogP contribution in [0.15, 0.2) is 130 Å². The van der Waals surface area contributed by atoms with Crippen molar-refractivity contribution in [2.24, 2.45) is 20.5 Å². The third kappa shape index (κ3) is 11.6. The van der Waals surface area contributed by atoms with Crippen molar-refractivity contribution in [3.63, 3.8) is 0 Å². The van der Waals surface area contributed by atoms with Crippen LogP contribution in [0.4, 0.5) is 22.7 Å². The first kappa shape index (κ1) is 34.9. The van der Waals surface area contributed by atoms with Crippen LogP contribution >= 0.6 is 0 Å². The number of nitrogens with zero attached hydrogens (tertiary/aromatic N) is 4. The largest absolute Gasteiger partial charge is 0.494 e. The molecule has 0 aliphatic heterocycles. The van der Waals surface area contributed by atoms with Crippen LogP contribution in [0.25, 0.3) is 0 Å². The van der Waals surface area contributed by atoms with Gasteiger partial charge in [0.2, 0.25) is 0 Å². The highest BCUT2D eigenvalue weighted by Crippen LogP contribution is 2.33. The number of ether oxygens (including phenoxy) is 3. The third-order valence-corrected chi connectivity index (χ3v) is 8.24. The molecule has 1 fully saturated rings. The van der Waals surface area contributed by atoms with Crippen molar-refractivity contribution in [3.05, 3.63) is 121 Å². The van der Waals surface area contributed by atoms with Crippen LogP contribution < -0.4 is 9.47 Å². The average molecular weight is 659 g/mol. The first-order chi connectivity index (χ1) is 24.1. The molecule has 1 saturated carbocycles. The minimum absolute atomic E-state index is 0.392. The molecule has 0 N–H and O–H groups in total. The van der Waals surface area contributed by atoms with Crippen molar-refractivity contribution >= 4 is 34.7 Å². The standard InChI is InChI=1S/C40H42N4O5/c1-2-39(45)48-29-9-4-3-8-28-47-37-24-14-32(15-25-37)40(46)49-38-26-22-36(23-27-38)44-43-35-20-18-34(19-21-35)42-41-33-16-12-31(13-17-33)30-10-6-5-7-11-30/h2,12-27,30H,1,3-11,28-29H2. The Morgan fingerprint density at radius 2 is 1.10 bits per heavy atom. The molecule has 0 spiro atoms. The monoisotopic (exact) mass is 658 g/mol. The van der Waals surface area contributed by atoms with Gasteiger partial charge in [-0.1, -0.05) is 38.0 Å². The van der Waals surface area contributed by atoms with Crippen molar-refractivity contribution < 1.29 is 23.8 Å². The van der Waals surface area contributed by atoms with E-state index >= 15 is 0 Å². The molecule has 49 heavy (non-hydrogen) atoms. The Morgan fingerprint density at radius 3 is 1.65 bits per heavy atom. The van der Waals surface area contributed by atoms with E-state index in [9.17, 15) is 9.59 Å². The summed E-state index contributed by atoms with van der Waals surface area (Å²) in [6.45, 7) is 4.34. The summed E-state index contributed by atoms with van der Waals surface area (Å²) < 4.78 is 16.2. The third-order valence-electron chi connectivity index (χ3n) is 8.24. The van der Waals surface area contributed by atoms with E-state index in [4.69, 9.17) is 14.2 Å². The molecule has 0 unspecified atom stereocenters. The highest BCUT2D eigenvalue weighted by atomic mass is 16.5. The number of rotatable bonds is 16. The molecule has 0 amide bonds. The van der Waals surface area contributed by atoms with Gasteiger partial charge in [-0.05, 0) is 135 Å². The summed E-state index contributed by atoms with van der Waals surface area (Å²) in [6.07, 6.45) is 11.3. The van der Waals surface area contributed by atoms with Gasteiger partial charge in [0.15, 0.2) is 0 Å². The van der Waals surface area contributed by atoms with Crippen molar-refractivity contribution in [2.75, 3.05) is 13.2 Å². The minimum Gasteiger partial charge on any atom is -0.494 e. The van der Waals surface area contributed by atoms with Gasteiger partial charge >= 0.3 is 11.9 Å². The van der Waals surface area contributed by atoms with E-state index < -0.39 is 11.9 Å². The zero-order valence-corrected chi connectivity index (χ0v) is 27.7. The second kappa shape index (κ2) is 18.8. The second-order valence-electron chi connectivity index (χ2n) is 11.9. The lowest BCUT2D eigenvalue weighted by Gasteiger charge is -2.21. The lowest BCUT2D eigenvalue weighted by molar-refractivity contribution is -0.137. The number of esters is 2. The Kier molecular flexibility index (Phi) is 13.4. The molecule has 0 radical (unpaired) electrons. The quantitative estimate of drug-likeness (QED) is 0.0391. The Bertz CT molecular complexity index is 1690. The summed E-state index contributed by atoms with van der Waals surface area (Å²) in [5.41, 5.74) is 4.70. The summed E-state index contributed by atoms with van der Waals surface area (Å²) in [5.74, 6) is 0.904. The molecule has 4 aromatic carbocycles. The molecule has 1 aliphatic carbocycles. The molecule has 0 heterocycles. The smallest absolute Gasteiger partial charge is 0.343 e. The van der Waals surface area contributed by atoms with E-state index in [1.807, 2.05) is 36.4 Å². The van der Waals surface area contributed by atoms with Crippen LogP contribution in [0, 0.1) is 0 Å². The van der Waals surface area contributed by atoms with Gasteiger partial charge in [0.05, 0.1) is 41.5 Å². The summed E-state index contributed by atoms with van der Waals surface area (Å²) >= 11 is 0. The molecule has 9 heteroatoms. The fraction of sp³-hybridized carbons (Fsp3) is 0.300. The zero-order chi connectivity index (χ0) is 34.1. The van der Waals surface area contributed by atoms with Gasteiger partial charge in [-0.25, -0.2) is 9.59 Å². The SMILES string of the molecule is C=CC(=O)OCCCCCCOc1ccc(C(=O)Oc2ccc(N=Nc3ccc(N=Nc4ccc(C5CCCCC5)cc4)cc3)cc2)cc1. The Balaban J connectivity index is 1.01. The predicted octanol–water partition coefficient (Wildman–Crippen LogP) is 11.5. The van der Waals surface area contributed by atoms with Gasteiger partial charge < -0.3 is 14.2 Å². The van der Waals surface area contributed by atoms with Crippen LogP contribution in [-0.4, -0.2) is 25.2 Å². The van der Waals surface area contributed by atoms with E-state index in [1.54, 1.807) is 48.5 Å². The van der Waals surface area contributed by atoms with Crippen molar-refractivity contribution in [3.8, 4) is 11.5 Å². The number of hydrogen-bond acceptors (Lipinski definition) is 9. The van der Waals surface area contributed by atoms with Gasteiger partial charge in [0.1, 0.15) is 11.5 Å². The molecule has 252 valence electrons. The number of azo groups is 2. The molecule has 1 aliphatic rings. The fourth-order valence-corrected chi connectivity index (χ4v) is 5.48. The van der Waals surface area contributed by atoms with Gasteiger partial charge in [-0.15, -0.1) is 0 Å². The molecular formula is C40H42N4O5. The summed E-state index contributed by atoms with van der Waals surface area (Å²) in [7, 11) is 0. The summed E-state index contributed by atoms with van der Waals surface area (Å²) in [6, 6.07) is 29.5. The molecule has 0 bridgehead atoms. The maximum Gasteiger partial charge on any atom is 0.343 e. The van der Waals surface area contributed by atoms with Crippen LogP contribution in [-0.2, 0) is 9.53 Å². The van der Waals surface area contributed by atoms with E-state index in [1.165, 1.54) is 43.7 Å². The molecular weight excluding hydrogens is 616 g/mol. The van der Waals surface area contributed by atoms with Gasteiger partial charge in [0, 0.05) is 6.08 Å². The Morgan fingerprint density at radius 1 is 0.612 bits per heavy atom. The minimum atomic E-state index is -0.466. The second-order valence-corrected chi connectivity index (χ2v) is 11.9. The highest BCUT2D eigenvalue weighted by molar-refractivity contribution is 5.91. The highest BCUT2D eigenvalue weighted by Gasteiger charge is 2.15. The number of unbranched alkanes of at least 4 members (excludes halogenated alkanes) is 3. The van der Waals surface area contributed by atoms with E-state index in [0.29, 0.717) is 47.6 Å². The van der Waals surface area contributed by atoms with Crippen molar-refractivity contribution in [2.45, 2.75) is 63.7 Å². The van der Waals surface area contributed by atoms with Gasteiger partial charge in [-0.3, -0.25) is 0 Å². The topological polar surface area (TPSA) is 111 Å². The zero-order valence-electron chi connectivity index (χ0n) is 27.7. The number of hydrogen-bond donors (Lipinski definition) is 0. The molecule has 9 nitrogen and oxygen atoms in total. The van der Waals surface area contributed by atoms with Crippen molar-refractivity contribution in [1.29, 1.82) is 0 Å². The first-order valence-corrected chi connectivity index (χ1v) is 16.9. The van der Waals surface area contributed by atoms with E-state index in [2.05, 4.69) is 39.2 Å². The van der Waals surface area contributed by atoms with Crippen LogP contribution in [0.3, 0.4) is 0 Å². The Labute approximate surface area is 287 Å². The normalized spacial score (nSPS) is 13.4. The lowest BCUT2D eigenvalue weighted by Crippen LogP contribution is -2.08. The number of benzene rings is 4. The lowest BCUT2D eigenvalue weighted by atomic mass is 9.84. The van der Waals surface area contributed by atoms with Gasteiger partial charge in [-0.2, -0.15) is 20.5 Å². The maximum atomic E-state index is 12.6. The average Bonchev–Trinajstić information content (AvgIpc) is 3.16. The molecule has 0 aromatic heterocycles. The Hall–Kier alpha value is -5.44. The maximum absolute atomic E-state index is 12.6. The van der Waals surface area contributed by atoms with Crippen LogP contribution in [0.5, 0.6) is 11.5 Å². The summed E-state index contributed by atoms with van der Waals surface area (Å²) in [5, 5.41) is 17.3. The molecule has 4 aromatic rings. The van der Waals surface area contributed by atoms with Gasteiger partial charge in [0.25, 0.3) is 0 Å². The van der Waals surface area contributed by atoms with Crippen molar-refractivity contribution in [1.82, 2.24) is 0 Å². The molecule has 0 saturated heterocycles. The van der Waals surface area contributed by atoms with Crippen LogP contribution in [0.1, 0.15) is 79.6 Å². The predicted molar refractivity (Wildman–Crippen MR) is 190 cm³/mol. The van der Waals surface area contributed by atoms with Crippen LogP contribution in [0.2, 0.25) is 0 Å². The van der Waals surface area contributed by atoms with E-state index in [0.717, 1.165) is 37.1 Å². The number of carbonyl (C=O) groups is 2. The summed E-state index contributed by atoms with van der Waals surface area (Å²) in [4.78, 5) is 23.7.